The summed E-state index contributed by atoms with van der Waals surface area (Å²) >= 11 is 0. The first-order valence-corrected chi connectivity index (χ1v) is 5.62. The molecule has 1 aromatic rings. The fourth-order valence-electron chi connectivity index (χ4n) is 2.10. The summed E-state index contributed by atoms with van der Waals surface area (Å²) in [5.74, 6) is 1.59. The van der Waals surface area contributed by atoms with Crippen molar-refractivity contribution in [2.75, 3.05) is 5.73 Å². The van der Waals surface area contributed by atoms with Crippen LogP contribution in [0.3, 0.4) is 0 Å². The molecule has 0 unspecified atom stereocenters. The number of H-pyrrole nitrogens is 1. The van der Waals surface area contributed by atoms with Crippen LogP contribution in [-0.2, 0) is 12.8 Å². The van der Waals surface area contributed by atoms with E-state index in [1.807, 2.05) is 0 Å². The molecule has 1 aromatic heterocycles. The fourth-order valence-corrected chi connectivity index (χ4v) is 2.10. The van der Waals surface area contributed by atoms with E-state index < -0.39 is 0 Å². The van der Waals surface area contributed by atoms with Gasteiger partial charge in [-0.15, -0.1) is 0 Å². The maximum absolute atomic E-state index is 5.82. The number of aromatic amines is 1. The molecule has 0 atom stereocenters. The van der Waals surface area contributed by atoms with Gasteiger partial charge in [-0.25, -0.2) is 0 Å². The summed E-state index contributed by atoms with van der Waals surface area (Å²) in [5.41, 5.74) is 8.37. The van der Waals surface area contributed by atoms with Crippen LogP contribution in [0.4, 0.5) is 5.82 Å². The number of hydrogen-bond donors (Lipinski definition) is 2. The highest BCUT2D eigenvalue weighted by Crippen LogP contribution is 2.31. The largest absolute Gasteiger partial charge is 0.382 e. The Morgan fingerprint density at radius 2 is 2.29 bits per heavy atom. The average Bonchev–Trinajstić information content (AvgIpc) is 2.43. The zero-order valence-electron chi connectivity index (χ0n) is 8.84. The Labute approximate surface area is 85.1 Å². The Balaban J connectivity index is 2.06. The zero-order chi connectivity index (χ0) is 9.97. The minimum Gasteiger partial charge on any atom is -0.382 e. The van der Waals surface area contributed by atoms with Crippen molar-refractivity contribution in [3.8, 4) is 0 Å². The van der Waals surface area contributed by atoms with Crippen molar-refractivity contribution in [3.63, 3.8) is 0 Å². The number of anilines is 1. The van der Waals surface area contributed by atoms with E-state index in [9.17, 15) is 0 Å². The van der Waals surface area contributed by atoms with Crippen molar-refractivity contribution in [1.29, 1.82) is 0 Å². The molecule has 0 saturated heterocycles. The first-order chi connectivity index (χ1) is 6.81. The molecule has 0 spiro atoms. The molecule has 1 aliphatic rings. The van der Waals surface area contributed by atoms with Crippen LogP contribution in [0.2, 0.25) is 0 Å². The molecule has 14 heavy (non-hydrogen) atoms. The van der Waals surface area contributed by atoms with Gasteiger partial charge in [0.1, 0.15) is 5.82 Å². The molecule has 1 aliphatic carbocycles. The van der Waals surface area contributed by atoms with Gasteiger partial charge in [0.05, 0.1) is 0 Å². The molecular weight excluding hydrogens is 174 g/mol. The van der Waals surface area contributed by atoms with Gasteiger partial charge in [0.15, 0.2) is 0 Å². The summed E-state index contributed by atoms with van der Waals surface area (Å²) in [6.07, 6.45) is 7.51. The maximum Gasteiger partial charge on any atom is 0.148 e. The van der Waals surface area contributed by atoms with Crippen molar-refractivity contribution >= 4 is 5.82 Å². The predicted molar refractivity (Wildman–Crippen MR) is 58.0 cm³/mol. The Morgan fingerprint density at radius 3 is 2.86 bits per heavy atom. The van der Waals surface area contributed by atoms with E-state index in [0.29, 0.717) is 5.82 Å². The van der Waals surface area contributed by atoms with Crippen molar-refractivity contribution in [3.05, 3.63) is 11.3 Å². The number of nitrogens with two attached hydrogens (primary N) is 1. The van der Waals surface area contributed by atoms with Gasteiger partial charge in [0.2, 0.25) is 0 Å². The Hall–Kier alpha value is -0.990. The second-order valence-corrected chi connectivity index (χ2v) is 4.32. The van der Waals surface area contributed by atoms with Gasteiger partial charge in [-0.2, -0.15) is 5.10 Å². The highest BCUT2D eigenvalue weighted by Gasteiger charge is 2.20. The van der Waals surface area contributed by atoms with Crippen LogP contribution >= 0.6 is 0 Å². The molecule has 1 saturated carbocycles. The molecule has 78 valence electrons. The lowest BCUT2D eigenvalue weighted by molar-refractivity contribution is 0.311. The third kappa shape index (κ3) is 1.76. The minimum absolute atomic E-state index is 0.709. The molecule has 2 rings (SSSR count). The molecule has 0 aliphatic heterocycles. The molecule has 1 heterocycles. The normalized spacial score (nSPS) is 16.9. The van der Waals surface area contributed by atoms with Crippen LogP contribution < -0.4 is 5.73 Å². The number of rotatable bonds is 4. The van der Waals surface area contributed by atoms with Crippen LogP contribution in [0.1, 0.15) is 43.9 Å². The van der Waals surface area contributed by atoms with E-state index in [-0.39, 0.29) is 0 Å². The van der Waals surface area contributed by atoms with Crippen LogP contribution in [-0.4, -0.2) is 10.2 Å². The van der Waals surface area contributed by atoms with Gasteiger partial charge >= 0.3 is 0 Å². The van der Waals surface area contributed by atoms with Crippen LogP contribution in [0, 0.1) is 5.92 Å². The van der Waals surface area contributed by atoms with Crippen molar-refractivity contribution in [2.45, 2.75) is 45.4 Å². The number of hydrogen-bond acceptors (Lipinski definition) is 2. The summed E-state index contributed by atoms with van der Waals surface area (Å²) < 4.78 is 0. The lowest BCUT2D eigenvalue weighted by atomic mass is 9.81. The summed E-state index contributed by atoms with van der Waals surface area (Å²) in [6.45, 7) is 2.18. The van der Waals surface area contributed by atoms with E-state index in [4.69, 9.17) is 5.73 Å². The summed E-state index contributed by atoms with van der Waals surface area (Å²) in [6, 6.07) is 0. The zero-order valence-corrected chi connectivity index (χ0v) is 8.84. The monoisotopic (exact) mass is 193 g/mol. The van der Waals surface area contributed by atoms with Crippen molar-refractivity contribution in [2.24, 2.45) is 5.92 Å². The Morgan fingerprint density at radius 1 is 1.50 bits per heavy atom. The van der Waals surface area contributed by atoms with Gasteiger partial charge in [0, 0.05) is 11.3 Å². The molecule has 3 nitrogen and oxygen atoms in total. The Bertz CT molecular complexity index is 299. The van der Waals surface area contributed by atoms with E-state index >= 15 is 0 Å². The second-order valence-electron chi connectivity index (χ2n) is 4.32. The van der Waals surface area contributed by atoms with E-state index in [1.54, 1.807) is 0 Å². The van der Waals surface area contributed by atoms with Crippen molar-refractivity contribution < 1.29 is 0 Å². The second kappa shape index (κ2) is 4.03. The molecule has 0 amide bonds. The molecular formula is C11H19N3. The van der Waals surface area contributed by atoms with Gasteiger partial charge in [-0.05, 0) is 18.8 Å². The molecule has 0 bridgehead atoms. The summed E-state index contributed by atoms with van der Waals surface area (Å²) in [5, 5.41) is 7.18. The smallest absolute Gasteiger partial charge is 0.148 e. The van der Waals surface area contributed by atoms with Gasteiger partial charge < -0.3 is 5.73 Å². The van der Waals surface area contributed by atoms with Crippen molar-refractivity contribution in [1.82, 2.24) is 10.2 Å². The summed E-state index contributed by atoms with van der Waals surface area (Å²) in [7, 11) is 0. The highest BCUT2D eigenvalue weighted by molar-refractivity contribution is 5.42. The van der Waals surface area contributed by atoms with Crippen LogP contribution in [0.15, 0.2) is 0 Å². The number of nitrogens with zero attached hydrogens (tertiary/aromatic N) is 1. The molecule has 0 radical (unpaired) electrons. The van der Waals surface area contributed by atoms with E-state index in [1.165, 1.54) is 30.5 Å². The lowest BCUT2D eigenvalue weighted by Gasteiger charge is -2.24. The van der Waals surface area contributed by atoms with E-state index in [2.05, 4.69) is 17.1 Å². The molecule has 3 heteroatoms. The topological polar surface area (TPSA) is 54.7 Å². The maximum atomic E-state index is 5.82. The fraction of sp³-hybridized carbons (Fsp3) is 0.727. The van der Waals surface area contributed by atoms with Gasteiger partial charge in [0.25, 0.3) is 0 Å². The summed E-state index contributed by atoms with van der Waals surface area (Å²) in [4.78, 5) is 0. The molecule has 0 aromatic carbocycles. The predicted octanol–water partition coefficient (Wildman–Crippen LogP) is 2.29. The number of aromatic nitrogens is 2. The highest BCUT2D eigenvalue weighted by atomic mass is 15.2. The van der Waals surface area contributed by atoms with Crippen LogP contribution in [0.25, 0.3) is 0 Å². The van der Waals surface area contributed by atoms with Gasteiger partial charge in [-0.3, -0.25) is 5.10 Å². The quantitative estimate of drug-likeness (QED) is 0.770. The third-order valence-corrected chi connectivity index (χ3v) is 3.20. The van der Waals surface area contributed by atoms with Gasteiger partial charge in [-0.1, -0.05) is 32.6 Å². The minimum atomic E-state index is 0.709. The molecule has 1 fully saturated rings. The SMILES string of the molecule is CCCc1c(N)n[nH]c1CC1CCC1. The Kier molecular flexibility index (Phi) is 2.75. The standard InChI is InChI=1S/C11H19N3/c1-2-4-9-10(13-14-11(9)12)7-8-5-3-6-8/h8H,2-7H2,1H3,(H3,12,13,14). The first kappa shape index (κ1) is 9.56. The number of nitrogens with one attached hydrogen (secondary N) is 1. The van der Waals surface area contributed by atoms with Crippen LogP contribution in [0.5, 0.6) is 0 Å². The molecule has 3 N–H and O–H groups in total. The lowest BCUT2D eigenvalue weighted by Crippen LogP contribution is -2.14. The third-order valence-electron chi connectivity index (χ3n) is 3.20. The average molecular weight is 193 g/mol. The first-order valence-electron chi connectivity index (χ1n) is 5.62. The number of nitrogen functional groups attached to an aromatic ring is 1. The van der Waals surface area contributed by atoms with E-state index in [0.717, 1.165) is 25.2 Å².